The van der Waals surface area contributed by atoms with Gasteiger partial charge >= 0.3 is 0 Å². The molecule has 118 valence electrons. The summed E-state index contributed by atoms with van der Waals surface area (Å²) in [6.45, 7) is 2.42. The minimum absolute atomic E-state index is 0.00362. The lowest BCUT2D eigenvalue weighted by Gasteiger charge is -2.06. The van der Waals surface area contributed by atoms with Crippen LogP contribution in [0.3, 0.4) is 0 Å². The number of carbonyl (C=O) groups excluding carboxylic acids is 1. The molecule has 0 spiro atoms. The lowest BCUT2D eigenvalue weighted by Crippen LogP contribution is -2.27. The first-order valence-electron chi connectivity index (χ1n) is 7.47. The Morgan fingerprint density at radius 1 is 1.17 bits per heavy atom. The smallest absolute Gasteiger partial charge is 0.224 e. The van der Waals surface area contributed by atoms with E-state index in [1.165, 1.54) is 0 Å². The molecule has 4 nitrogen and oxygen atoms in total. The van der Waals surface area contributed by atoms with Gasteiger partial charge in [0.1, 0.15) is 5.52 Å². The minimum Gasteiger partial charge on any atom is -0.441 e. The summed E-state index contributed by atoms with van der Waals surface area (Å²) < 4.78 is 5.52. The molecule has 0 atom stereocenters. The summed E-state index contributed by atoms with van der Waals surface area (Å²) in [4.78, 5) is 16.2. The fourth-order valence-corrected chi connectivity index (χ4v) is 2.56. The van der Waals surface area contributed by atoms with Gasteiger partial charge in [-0.3, -0.25) is 4.79 Å². The van der Waals surface area contributed by atoms with E-state index >= 15 is 0 Å². The van der Waals surface area contributed by atoms with E-state index in [1.54, 1.807) is 12.1 Å². The number of rotatable bonds is 5. The molecule has 0 aliphatic carbocycles. The van der Waals surface area contributed by atoms with Crippen molar-refractivity contribution in [1.29, 1.82) is 0 Å². The van der Waals surface area contributed by atoms with Crippen LogP contribution in [0.1, 0.15) is 17.0 Å². The lowest BCUT2D eigenvalue weighted by molar-refractivity contribution is -0.120. The number of hydrogen-bond acceptors (Lipinski definition) is 3. The molecular formula is C18H17ClN2O2. The Hall–Kier alpha value is -2.33. The Labute approximate surface area is 139 Å². The molecule has 23 heavy (non-hydrogen) atoms. The molecule has 0 aliphatic rings. The molecule has 2 aromatic carbocycles. The molecule has 1 heterocycles. The topological polar surface area (TPSA) is 55.1 Å². The van der Waals surface area contributed by atoms with Crippen LogP contribution >= 0.6 is 11.6 Å². The lowest BCUT2D eigenvalue weighted by atomic mass is 10.1. The first-order valence-corrected chi connectivity index (χ1v) is 7.85. The quantitative estimate of drug-likeness (QED) is 0.777. The molecule has 0 saturated heterocycles. The summed E-state index contributed by atoms with van der Waals surface area (Å²) in [6, 6.07) is 13.2. The van der Waals surface area contributed by atoms with Gasteiger partial charge in [-0.25, -0.2) is 4.98 Å². The van der Waals surface area contributed by atoms with E-state index in [-0.39, 0.29) is 5.91 Å². The van der Waals surface area contributed by atoms with Crippen LogP contribution in [0.25, 0.3) is 11.1 Å². The van der Waals surface area contributed by atoms with Crippen molar-refractivity contribution in [3.63, 3.8) is 0 Å². The average molecular weight is 329 g/mol. The number of nitrogens with one attached hydrogen (secondary N) is 1. The van der Waals surface area contributed by atoms with Crippen LogP contribution in [0.4, 0.5) is 0 Å². The van der Waals surface area contributed by atoms with Gasteiger partial charge in [0.15, 0.2) is 11.5 Å². The van der Waals surface area contributed by atoms with Crippen molar-refractivity contribution in [2.75, 3.05) is 6.54 Å². The average Bonchev–Trinajstić information content (AvgIpc) is 2.89. The van der Waals surface area contributed by atoms with E-state index in [0.29, 0.717) is 23.9 Å². The number of amides is 1. The second-order valence-electron chi connectivity index (χ2n) is 5.44. The second kappa shape index (κ2) is 6.84. The summed E-state index contributed by atoms with van der Waals surface area (Å²) in [5.74, 6) is 0.664. The molecule has 0 radical (unpaired) electrons. The molecule has 5 heteroatoms. The number of benzene rings is 2. The zero-order chi connectivity index (χ0) is 16.2. The fourth-order valence-electron chi connectivity index (χ4n) is 2.44. The normalized spacial score (nSPS) is 10.9. The monoisotopic (exact) mass is 328 g/mol. The minimum atomic E-state index is 0.00362. The molecule has 0 bridgehead atoms. The van der Waals surface area contributed by atoms with Gasteiger partial charge in [0.25, 0.3) is 0 Å². The van der Waals surface area contributed by atoms with E-state index in [4.69, 9.17) is 16.0 Å². The van der Waals surface area contributed by atoms with Crippen molar-refractivity contribution in [3.05, 3.63) is 64.5 Å². The van der Waals surface area contributed by atoms with E-state index < -0.39 is 0 Å². The molecule has 3 rings (SSSR count). The van der Waals surface area contributed by atoms with Crippen molar-refractivity contribution >= 4 is 28.6 Å². The number of aryl methyl sites for hydroxylation is 1. The summed E-state index contributed by atoms with van der Waals surface area (Å²) >= 11 is 5.83. The van der Waals surface area contributed by atoms with Gasteiger partial charge in [-0.05, 0) is 41.8 Å². The number of aromatic nitrogens is 1. The highest BCUT2D eigenvalue weighted by Gasteiger charge is 2.05. The first kappa shape index (κ1) is 15.6. The van der Waals surface area contributed by atoms with Crippen LogP contribution in [0.5, 0.6) is 0 Å². The number of carbonyl (C=O) groups is 1. The van der Waals surface area contributed by atoms with Crippen LogP contribution in [0.15, 0.2) is 46.9 Å². The van der Waals surface area contributed by atoms with Crippen molar-refractivity contribution in [2.45, 2.75) is 19.8 Å². The fraction of sp³-hybridized carbons (Fsp3) is 0.222. The van der Waals surface area contributed by atoms with Gasteiger partial charge in [0.05, 0.1) is 6.42 Å². The SMILES string of the molecule is Cc1nc2ccc(CCNC(=O)Cc3ccc(Cl)cc3)cc2o1. The standard InChI is InChI=1S/C18H17ClN2O2/c1-12-21-16-7-4-14(10-17(16)23-12)8-9-20-18(22)11-13-2-5-15(19)6-3-13/h2-7,10H,8-9,11H2,1H3,(H,20,22). The third kappa shape index (κ3) is 4.11. The molecule has 1 aromatic heterocycles. The molecule has 0 aliphatic heterocycles. The van der Waals surface area contributed by atoms with E-state index in [0.717, 1.165) is 28.6 Å². The number of oxazole rings is 1. The molecule has 1 amide bonds. The molecule has 0 saturated carbocycles. The maximum atomic E-state index is 11.9. The third-order valence-electron chi connectivity index (χ3n) is 3.57. The van der Waals surface area contributed by atoms with Gasteiger partial charge in [-0.15, -0.1) is 0 Å². The number of halogens is 1. The van der Waals surface area contributed by atoms with Crippen LogP contribution in [-0.4, -0.2) is 17.4 Å². The zero-order valence-corrected chi connectivity index (χ0v) is 13.6. The van der Waals surface area contributed by atoms with Crippen molar-refractivity contribution in [2.24, 2.45) is 0 Å². The predicted octanol–water partition coefficient (Wildman–Crippen LogP) is 3.69. The second-order valence-corrected chi connectivity index (χ2v) is 5.87. The van der Waals surface area contributed by atoms with E-state index in [9.17, 15) is 4.79 Å². The van der Waals surface area contributed by atoms with Gasteiger partial charge < -0.3 is 9.73 Å². The summed E-state index contributed by atoms with van der Waals surface area (Å²) in [5.41, 5.74) is 3.71. The predicted molar refractivity (Wildman–Crippen MR) is 90.6 cm³/mol. The highest BCUT2D eigenvalue weighted by atomic mass is 35.5. The Morgan fingerprint density at radius 2 is 1.91 bits per heavy atom. The van der Waals surface area contributed by atoms with Crippen LogP contribution in [0, 0.1) is 6.92 Å². The molecule has 3 aromatic rings. The molecule has 0 unspecified atom stereocenters. The van der Waals surface area contributed by atoms with Crippen molar-refractivity contribution < 1.29 is 9.21 Å². The summed E-state index contributed by atoms with van der Waals surface area (Å²) in [6.07, 6.45) is 1.11. The Bertz CT molecular complexity index is 825. The number of fused-ring (bicyclic) bond motifs is 1. The van der Waals surface area contributed by atoms with Crippen LogP contribution in [0.2, 0.25) is 5.02 Å². The van der Waals surface area contributed by atoms with Crippen molar-refractivity contribution in [3.8, 4) is 0 Å². The molecular weight excluding hydrogens is 312 g/mol. The van der Waals surface area contributed by atoms with Crippen LogP contribution in [-0.2, 0) is 17.6 Å². The zero-order valence-electron chi connectivity index (χ0n) is 12.8. The summed E-state index contributed by atoms with van der Waals surface area (Å²) in [7, 11) is 0. The molecule has 0 fully saturated rings. The van der Waals surface area contributed by atoms with Crippen molar-refractivity contribution in [1.82, 2.24) is 10.3 Å². The molecule has 1 N–H and O–H groups in total. The maximum absolute atomic E-state index is 11.9. The highest BCUT2D eigenvalue weighted by molar-refractivity contribution is 6.30. The Balaban J connectivity index is 1.51. The highest BCUT2D eigenvalue weighted by Crippen LogP contribution is 2.17. The van der Waals surface area contributed by atoms with Gasteiger partial charge in [-0.2, -0.15) is 0 Å². The number of hydrogen-bond donors (Lipinski definition) is 1. The van der Waals surface area contributed by atoms with E-state index in [1.807, 2.05) is 37.3 Å². The van der Waals surface area contributed by atoms with Crippen LogP contribution < -0.4 is 5.32 Å². The van der Waals surface area contributed by atoms with Gasteiger partial charge in [0, 0.05) is 18.5 Å². The Morgan fingerprint density at radius 3 is 2.70 bits per heavy atom. The Kier molecular flexibility index (Phi) is 4.63. The summed E-state index contributed by atoms with van der Waals surface area (Å²) in [5, 5.41) is 3.60. The van der Waals surface area contributed by atoms with Gasteiger partial charge in [-0.1, -0.05) is 29.8 Å². The maximum Gasteiger partial charge on any atom is 0.224 e. The van der Waals surface area contributed by atoms with E-state index in [2.05, 4.69) is 10.3 Å². The largest absolute Gasteiger partial charge is 0.441 e. The van der Waals surface area contributed by atoms with Gasteiger partial charge in [0.2, 0.25) is 5.91 Å². The first-order chi connectivity index (χ1) is 11.1. The third-order valence-corrected chi connectivity index (χ3v) is 3.83. The number of nitrogens with zero attached hydrogens (tertiary/aromatic N) is 1.